The molecule has 0 saturated carbocycles. The highest BCUT2D eigenvalue weighted by atomic mass is 31.2. The number of carbonyl (C=O) groups is 2. The first-order chi connectivity index (χ1) is 17.2. The third-order valence-electron chi connectivity index (χ3n) is 5.94. The molecule has 212 valence electrons. The lowest BCUT2D eigenvalue weighted by Gasteiger charge is -2.27. The third kappa shape index (κ3) is 15.1. The summed E-state index contributed by atoms with van der Waals surface area (Å²) in [6, 6.07) is 0. The highest BCUT2D eigenvalue weighted by Crippen LogP contribution is 2.58. The number of allylic oxidation sites excluding steroid dienone is 2. The molecule has 0 aliphatic heterocycles. The van der Waals surface area contributed by atoms with Crippen LogP contribution in [0.25, 0.3) is 0 Å². The fourth-order valence-electron chi connectivity index (χ4n) is 3.31. The van der Waals surface area contributed by atoms with Crippen LogP contribution in [0.15, 0.2) is 47.8 Å². The fourth-order valence-corrected chi connectivity index (χ4v) is 5.81. The summed E-state index contributed by atoms with van der Waals surface area (Å²) in [5.74, 6) is -0.140. The molecule has 0 rings (SSSR count). The molecule has 0 saturated heterocycles. The molecule has 0 amide bonds. The van der Waals surface area contributed by atoms with Gasteiger partial charge in [-0.3, -0.25) is 0 Å². The van der Waals surface area contributed by atoms with Crippen LogP contribution in [0.3, 0.4) is 0 Å². The summed E-state index contributed by atoms with van der Waals surface area (Å²) in [4.78, 5) is 23.2. The molecule has 0 spiro atoms. The number of rotatable bonds is 19. The SMILES string of the molecule is C=C(C)C(=O)OCCCC(=C)/C(OCC[P+](CO)(CO)CCC(C)(C)C)=C(\C)CCCOC(=O)C(=C)C. The first-order valence-corrected chi connectivity index (χ1v) is 15.4. The quantitative estimate of drug-likeness (QED) is 0.0517. The molecule has 0 fully saturated rings. The number of hydrogen-bond acceptors (Lipinski definition) is 7. The van der Waals surface area contributed by atoms with Crippen molar-refractivity contribution in [2.24, 2.45) is 5.41 Å². The summed E-state index contributed by atoms with van der Waals surface area (Å²) in [5, 5.41) is 20.2. The first-order valence-electron chi connectivity index (χ1n) is 12.9. The smallest absolute Gasteiger partial charge is 0.333 e. The van der Waals surface area contributed by atoms with Crippen molar-refractivity contribution in [2.75, 3.05) is 44.8 Å². The van der Waals surface area contributed by atoms with E-state index in [2.05, 4.69) is 40.5 Å². The molecular formula is C29H50O7P+. The second kappa shape index (κ2) is 17.5. The van der Waals surface area contributed by atoms with Crippen molar-refractivity contribution in [3.05, 3.63) is 47.8 Å². The van der Waals surface area contributed by atoms with Crippen LogP contribution in [0, 0.1) is 5.41 Å². The van der Waals surface area contributed by atoms with Crippen LogP contribution >= 0.6 is 7.26 Å². The van der Waals surface area contributed by atoms with Crippen LogP contribution in [0.4, 0.5) is 0 Å². The molecule has 0 unspecified atom stereocenters. The second-order valence-electron chi connectivity index (χ2n) is 11.0. The zero-order chi connectivity index (χ0) is 28.6. The van der Waals surface area contributed by atoms with Crippen LogP contribution in [0.5, 0.6) is 0 Å². The molecule has 0 aromatic heterocycles. The number of hydrogen-bond donors (Lipinski definition) is 2. The monoisotopic (exact) mass is 541 g/mol. The summed E-state index contributed by atoms with van der Waals surface area (Å²) >= 11 is 0. The predicted octanol–water partition coefficient (Wildman–Crippen LogP) is 5.99. The molecule has 0 aromatic carbocycles. The zero-order valence-electron chi connectivity index (χ0n) is 24.0. The Kier molecular flexibility index (Phi) is 16.6. The van der Waals surface area contributed by atoms with Gasteiger partial charge in [-0.15, -0.1) is 0 Å². The van der Waals surface area contributed by atoms with Gasteiger partial charge in [0.2, 0.25) is 0 Å². The van der Waals surface area contributed by atoms with Crippen LogP contribution in [-0.2, 0) is 23.8 Å². The Bertz CT molecular complexity index is 817. The Hall–Kier alpha value is -1.95. The van der Waals surface area contributed by atoms with Crippen molar-refractivity contribution in [3.63, 3.8) is 0 Å². The molecule has 8 heteroatoms. The molecule has 37 heavy (non-hydrogen) atoms. The molecule has 0 bridgehead atoms. The van der Waals surface area contributed by atoms with Crippen molar-refractivity contribution in [3.8, 4) is 0 Å². The summed E-state index contributed by atoms with van der Waals surface area (Å²) in [7, 11) is -1.96. The van der Waals surface area contributed by atoms with E-state index in [9.17, 15) is 19.8 Å². The van der Waals surface area contributed by atoms with Crippen molar-refractivity contribution >= 4 is 19.2 Å². The maximum absolute atomic E-state index is 11.6. The lowest BCUT2D eigenvalue weighted by molar-refractivity contribution is -0.139. The largest absolute Gasteiger partial charge is 0.490 e. The third-order valence-corrected chi connectivity index (χ3v) is 9.44. The average Bonchev–Trinajstić information content (AvgIpc) is 2.83. The number of ether oxygens (including phenoxy) is 3. The minimum atomic E-state index is -1.96. The lowest BCUT2D eigenvalue weighted by atomic mass is 9.94. The van der Waals surface area contributed by atoms with Gasteiger partial charge in [0.25, 0.3) is 0 Å². The summed E-state index contributed by atoms with van der Waals surface area (Å²) < 4.78 is 16.6. The van der Waals surface area contributed by atoms with Gasteiger partial charge in [0.15, 0.2) is 12.7 Å². The van der Waals surface area contributed by atoms with Gasteiger partial charge in [-0.05, 0) is 69.4 Å². The van der Waals surface area contributed by atoms with Gasteiger partial charge >= 0.3 is 11.9 Å². The molecule has 7 nitrogen and oxygen atoms in total. The Balaban J connectivity index is 5.29. The summed E-state index contributed by atoms with van der Waals surface area (Å²) in [6.45, 7) is 23.9. The van der Waals surface area contributed by atoms with Crippen LogP contribution in [-0.4, -0.2) is 67.0 Å². The van der Waals surface area contributed by atoms with Crippen molar-refractivity contribution in [1.82, 2.24) is 0 Å². The highest BCUT2D eigenvalue weighted by Gasteiger charge is 2.37. The van der Waals surface area contributed by atoms with Crippen LogP contribution < -0.4 is 0 Å². The molecular weight excluding hydrogens is 491 g/mol. The molecule has 0 aliphatic carbocycles. The standard InChI is InChI=1S/C29H50O7P/c1-22(2)27(32)35-15-10-12-24(5)26(25(6)13-11-16-36-28(33)23(3)4)34-17-19-37(20-30,21-31)18-14-29(7,8)9/h30-31H,1,3,5,10-21H2,2,4,6-9H3/q+1/b26-25-. The maximum atomic E-state index is 11.6. The van der Waals surface area contributed by atoms with E-state index in [1.807, 2.05) is 6.92 Å². The topological polar surface area (TPSA) is 102 Å². The fraction of sp³-hybridized carbons (Fsp3) is 0.655. The minimum Gasteiger partial charge on any atom is -0.490 e. The van der Waals surface area contributed by atoms with E-state index in [1.165, 1.54) is 0 Å². The molecule has 0 aromatic rings. The Morgan fingerprint density at radius 3 is 1.68 bits per heavy atom. The molecule has 0 atom stereocenters. The number of aliphatic hydroxyl groups excluding tert-OH is 2. The van der Waals surface area contributed by atoms with Crippen molar-refractivity contribution in [2.45, 2.75) is 73.6 Å². The van der Waals surface area contributed by atoms with Crippen LogP contribution in [0.1, 0.15) is 73.6 Å². The van der Waals surface area contributed by atoms with Gasteiger partial charge in [0, 0.05) is 11.1 Å². The normalized spacial score (nSPS) is 12.4. The van der Waals surface area contributed by atoms with E-state index in [4.69, 9.17) is 14.2 Å². The molecule has 0 aliphatic rings. The lowest BCUT2D eigenvalue weighted by Crippen LogP contribution is -2.19. The van der Waals surface area contributed by atoms with E-state index in [0.29, 0.717) is 55.4 Å². The molecule has 0 radical (unpaired) electrons. The molecule has 2 N–H and O–H groups in total. The number of carbonyl (C=O) groups excluding carboxylic acids is 2. The van der Waals surface area contributed by atoms with Gasteiger partial charge in [-0.1, -0.05) is 40.5 Å². The van der Waals surface area contributed by atoms with Gasteiger partial charge in [0.05, 0.1) is 32.8 Å². The maximum Gasteiger partial charge on any atom is 0.333 e. The average molecular weight is 542 g/mol. The van der Waals surface area contributed by atoms with Gasteiger partial charge in [-0.2, -0.15) is 0 Å². The van der Waals surface area contributed by atoms with Crippen molar-refractivity contribution < 1.29 is 34.0 Å². The van der Waals surface area contributed by atoms with Gasteiger partial charge in [-0.25, -0.2) is 9.59 Å². The second-order valence-corrected chi connectivity index (χ2v) is 15.1. The summed E-state index contributed by atoms with van der Waals surface area (Å²) in [5.41, 5.74) is 2.60. The summed E-state index contributed by atoms with van der Waals surface area (Å²) in [6.07, 6.45) is 4.73. The van der Waals surface area contributed by atoms with E-state index < -0.39 is 19.2 Å². The highest BCUT2D eigenvalue weighted by molar-refractivity contribution is 7.75. The van der Waals surface area contributed by atoms with E-state index >= 15 is 0 Å². The Morgan fingerprint density at radius 2 is 1.24 bits per heavy atom. The number of esters is 2. The number of aliphatic hydroxyl groups is 2. The van der Waals surface area contributed by atoms with E-state index in [0.717, 1.165) is 23.7 Å². The zero-order valence-corrected chi connectivity index (χ0v) is 24.9. The predicted molar refractivity (Wildman–Crippen MR) is 153 cm³/mol. The Morgan fingerprint density at radius 1 is 0.757 bits per heavy atom. The minimum absolute atomic E-state index is 0.00983. The Labute approximate surface area is 225 Å². The van der Waals surface area contributed by atoms with Gasteiger partial charge in [0.1, 0.15) is 12.4 Å². The van der Waals surface area contributed by atoms with E-state index in [1.54, 1.807) is 13.8 Å². The molecule has 0 heterocycles. The van der Waals surface area contributed by atoms with Gasteiger partial charge < -0.3 is 24.4 Å². The van der Waals surface area contributed by atoms with Crippen molar-refractivity contribution in [1.29, 1.82) is 0 Å². The first kappa shape index (κ1) is 35.0. The van der Waals surface area contributed by atoms with E-state index in [-0.39, 0.29) is 31.3 Å². The van der Waals surface area contributed by atoms with Crippen LogP contribution in [0.2, 0.25) is 0 Å².